The van der Waals surface area contributed by atoms with Crippen molar-refractivity contribution in [2.75, 3.05) is 38.0 Å². The van der Waals surface area contributed by atoms with Gasteiger partial charge in [0.2, 0.25) is 0 Å². The Bertz CT molecular complexity index is 1460. The summed E-state index contributed by atoms with van der Waals surface area (Å²) in [6.07, 6.45) is 7.05. The number of carbonyl (C=O) groups is 1. The molecular weight excluding hydrogens is 557 g/mol. The molecule has 2 aliphatic heterocycles. The van der Waals surface area contributed by atoms with Crippen LogP contribution < -0.4 is 10.6 Å². The van der Waals surface area contributed by atoms with Gasteiger partial charge in [0.05, 0.1) is 22.7 Å². The van der Waals surface area contributed by atoms with Gasteiger partial charge in [0.1, 0.15) is 5.69 Å². The van der Waals surface area contributed by atoms with Crippen LogP contribution in [0.1, 0.15) is 86.5 Å². The molecule has 232 valence electrons. The van der Waals surface area contributed by atoms with Gasteiger partial charge in [-0.05, 0) is 114 Å². The second kappa shape index (κ2) is 11.5. The number of carbonyl (C=O) groups excluding carboxylic acids is 1. The average Bonchev–Trinajstić information content (AvgIpc) is 3.37. The van der Waals surface area contributed by atoms with Crippen LogP contribution in [-0.2, 0) is 11.8 Å². The molecule has 3 fully saturated rings. The van der Waals surface area contributed by atoms with E-state index in [1.807, 2.05) is 10.9 Å². The standard InChI is InChI=1S/C32H41F3N6O2/c1-30(2,43)25-17-26-22(16-27(25)38-29(42)28-24(32(33,34)35)4-3-10-37-28)20-41(39-26)23-6-14-40(15-7-23)13-5-21-18-31(19-21)8-11-36-12-9-31/h3-4,10,16-17,20-21,23,36,43H,5-9,11-15,18-19H2,1-2H3,(H,38,42). The van der Waals surface area contributed by atoms with E-state index in [-0.39, 0.29) is 11.7 Å². The molecule has 2 saturated heterocycles. The molecular formula is C32H41F3N6O2. The topological polar surface area (TPSA) is 95.3 Å². The molecule has 3 N–H and O–H groups in total. The van der Waals surface area contributed by atoms with Gasteiger partial charge in [-0.3, -0.25) is 14.5 Å². The summed E-state index contributed by atoms with van der Waals surface area (Å²) in [6, 6.07) is 5.58. The minimum Gasteiger partial charge on any atom is -0.386 e. The van der Waals surface area contributed by atoms with Crippen LogP contribution in [0.3, 0.4) is 0 Å². The monoisotopic (exact) mass is 598 g/mol. The van der Waals surface area contributed by atoms with Gasteiger partial charge in [0, 0.05) is 42.1 Å². The Morgan fingerprint density at radius 3 is 2.53 bits per heavy atom. The summed E-state index contributed by atoms with van der Waals surface area (Å²) in [7, 11) is 0. The molecule has 8 nitrogen and oxygen atoms in total. The number of pyridine rings is 1. The first kappa shape index (κ1) is 30.0. The molecule has 43 heavy (non-hydrogen) atoms. The Morgan fingerprint density at radius 1 is 1.14 bits per heavy atom. The molecule has 2 aromatic heterocycles. The summed E-state index contributed by atoms with van der Waals surface area (Å²) in [5.41, 5.74) is -1.35. The van der Waals surface area contributed by atoms with Crippen molar-refractivity contribution in [2.45, 2.75) is 76.6 Å². The molecule has 1 aromatic carbocycles. The lowest BCUT2D eigenvalue weighted by molar-refractivity contribution is -0.138. The van der Waals surface area contributed by atoms with E-state index in [2.05, 4.69) is 20.5 Å². The number of likely N-dealkylation sites (tertiary alicyclic amines) is 1. The van der Waals surface area contributed by atoms with Crippen LogP contribution in [0.4, 0.5) is 18.9 Å². The molecule has 0 radical (unpaired) electrons. The van der Waals surface area contributed by atoms with Gasteiger partial charge in [-0.2, -0.15) is 18.3 Å². The second-order valence-corrected chi connectivity index (χ2v) is 13.4. The second-order valence-electron chi connectivity index (χ2n) is 13.4. The molecule has 1 aliphatic carbocycles. The Morgan fingerprint density at radius 2 is 1.86 bits per heavy atom. The van der Waals surface area contributed by atoms with Gasteiger partial charge in [-0.25, -0.2) is 0 Å². The molecule has 0 unspecified atom stereocenters. The number of nitrogens with one attached hydrogen (secondary N) is 2. The number of halogens is 3. The first-order chi connectivity index (χ1) is 20.4. The highest BCUT2D eigenvalue weighted by molar-refractivity contribution is 6.05. The predicted octanol–water partition coefficient (Wildman–Crippen LogP) is 5.74. The van der Waals surface area contributed by atoms with Gasteiger partial charge in [-0.15, -0.1) is 0 Å². The van der Waals surface area contributed by atoms with Crippen LogP contribution in [-0.4, -0.2) is 63.4 Å². The number of benzene rings is 1. The quantitative estimate of drug-likeness (QED) is 0.321. The van der Waals surface area contributed by atoms with Gasteiger partial charge in [-0.1, -0.05) is 0 Å². The molecule has 1 saturated carbocycles. The minimum absolute atomic E-state index is 0.223. The number of fused-ring (bicyclic) bond motifs is 1. The highest BCUT2D eigenvalue weighted by atomic mass is 19.4. The van der Waals surface area contributed by atoms with E-state index in [0.29, 0.717) is 16.5 Å². The highest BCUT2D eigenvalue weighted by Crippen LogP contribution is 2.52. The Hall–Kier alpha value is -3.02. The number of nitrogens with zero attached hydrogens (tertiary/aromatic N) is 4. The number of alkyl halides is 3. The van der Waals surface area contributed by atoms with E-state index >= 15 is 0 Å². The Kier molecular flexibility index (Phi) is 8.02. The molecule has 3 aliphatic rings. The van der Waals surface area contributed by atoms with Gasteiger partial charge < -0.3 is 20.6 Å². The van der Waals surface area contributed by atoms with E-state index < -0.39 is 28.9 Å². The lowest BCUT2D eigenvalue weighted by atomic mass is 9.57. The fraction of sp³-hybridized carbons (Fsp3) is 0.594. The molecule has 1 amide bonds. The fourth-order valence-corrected chi connectivity index (χ4v) is 7.39. The lowest BCUT2D eigenvalue weighted by Gasteiger charge is -2.51. The first-order valence-corrected chi connectivity index (χ1v) is 15.4. The maximum Gasteiger partial charge on any atom is 0.418 e. The van der Waals surface area contributed by atoms with Crippen molar-refractivity contribution < 1.29 is 23.1 Å². The largest absolute Gasteiger partial charge is 0.418 e. The zero-order valence-electron chi connectivity index (χ0n) is 24.9. The third kappa shape index (κ3) is 6.44. The van der Waals surface area contributed by atoms with Crippen LogP contribution in [0.25, 0.3) is 10.9 Å². The van der Waals surface area contributed by atoms with Crippen molar-refractivity contribution in [3.8, 4) is 0 Å². The van der Waals surface area contributed by atoms with E-state index in [0.717, 1.165) is 62.1 Å². The third-order valence-corrected chi connectivity index (χ3v) is 9.79. The first-order valence-electron chi connectivity index (χ1n) is 15.4. The number of hydrogen-bond donors (Lipinski definition) is 3. The van der Waals surface area contributed by atoms with Crippen molar-refractivity contribution in [1.82, 2.24) is 25.0 Å². The van der Waals surface area contributed by atoms with E-state index in [1.165, 1.54) is 45.2 Å². The van der Waals surface area contributed by atoms with Crippen molar-refractivity contribution in [2.24, 2.45) is 11.3 Å². The van der Waals surface area contributed by atoms with Crippen molar-refractivity contribution >= 4 is 22.5 Å². The number of rotatable bonds is 7. The summed E-state index contributed by atoms with van der Waals surface area (Å²) in [5, 5.41) is 22.5. The predicted molar refractivity (Wildman–Crippen MR) is 159 cm³/mol. The molecule has 6 rings (SSSR count). The Labute approximate surface area is 250 Å². The molecule has 11 heteroatoms. The van der Waals surface area contributed by atoms with E-state index in [4.69, 9.17) is 5.10 Å². The fourth-order valence-electron chi connectivity index (χ4n) is 7.39. The summed E-state index contributed by atoms with van der Waals surface area (Å²) in [6.45, 7) is 8.66. The highest BCUT2D eigenvalue weighted by Gasteiger charge is 2.44. The molecule has 1 spiro atoms. The van der Waals surface area contributed by atoms with E-state index in [1.54, 1.807) is 26.0 Å². The number of anilines is 1. The minimum atomic E-state index is -4.73. The summed E-state index contributed by atoms with van der Waals surface area (Å²) in [5.74, 6) is -0.130. The van der Waals surface area contributed by atoms with Crippen LogP contribution >= 0.6 is 0 Å². The number of amides is 1. The van der Waals surface area contributed by atoms with E-state index in [9.17, 15) is 23.1 Å². The summed E-state index contributed by atoms with van der Waals surface area (Å²) >= 11 is 0. The van der Waals surface area contributed by atoms with Crippen LogP contribution in [0.2, 0.25) is 0 Å². The number of hydrogen-bond acceptors (Lipinski definition) is 6. The third-order valence-electron chi connectivity index (χ3n) is 9.79. The van der Waals surface area contributed by atoms with Crippen LogP contribution in [0.5, 0.6) is 0 Å². The van der Waals surface area contributed by atoms with Crippen LogP contribution in [0, 0.1) is 11.3 Å². The lowest BCUT2D eigenvalue weighted by Crippen LogP contribution is -2.46. The van der Waals surface area contributed by atoms with Gasteiger partial charge in [0.25, 0.3) is 5.91 Å². The van der Waals surface area contributed by atoms with Crippen molar-refractivity contribution in [1.29, 1.82) is 0 Å². The molecule has 3 aromatic rings. The summed E-state index contributed by atoms with van der Waals surface area (Å²) < 4.78 is 42.5. The van der Waals surface area contributed by atoms with Gasteiger partial charge >= 0.3 is 6.18 Å². The normalized spacial score (nSPS) is 20.4. The van der Waals surface area contributed by atoms with Crippen LogP contribution in [0.15, 0.2) is 36.7 Å². The van der Waals surface area contributed by atoms with Crippen molar-refractivity contribution in [3.05, 3.63) is 53.5 Å². The zero-order chi connectivity index (χ0) is 30.4. The number of aliphatic hydroxyl groups is 1. The molecule has 0 atom stereocenters. The van der Waals surface area contributed by atoms with Gasteiger partial charge in [0.15, 0.2) is 0 Å². The van der Waals surface area contributed by atoms with Crippen molar-refractivity contribution in [3.63, 3.8) is 0 Å². The maximum atomic E-state index is 13.5. The Balaban J connectivity index is 1.12. The number of piperidine rings is 2. The number of aromatic nitrogens is 3. The zero-order valence-corrected chi connectivity index (χ0v) is 24.9. The smallest absolute Gasteiger partial charge is 0.386 e. The molecule has 0 bridgehead atoms. The maximum absolute atomic E-state index is 13.5. The molecule has 4 heterocycles. The summed E-state index contributed by atoms with van der Waals surface area (Å²) in [4.78, 5) is 19.3. The average molecular weight is 599 g/mol. The SMILES string of the molecule is CC(C)(O)c1cc2nn(C3CCN(CCC4CC5(CCNCC5)C4)CC3)cc2cc1NC(=O)c1ncccc1C(F)(F)F.